The lowest BCUT2D eigenvalue weighted by Crippen LogP contribution is -1.89. The van der Waals surface area contributed by atoms with Crippen LogP contribution in [-0.4, -0.2) is 5.25 Å². The maximum atomic E-state index is 4.17. The van der Waals surface area contributed by atoms with Gasteiger partial charge in [-0.15, -0.1) is 0 Å². The molecule has 0 fully saturated rings. The quantitative estimate of drug-likeness (QED) is 0.507. The molecule has 0 N–H and O–H groups in total. The van der Waals surface area contributed by atoms with Crippen molar-refractivity contribution in [2.45, 2.75) is 25.0 Å². The molecule has 0 aromatic carbocycles. The fraction of sp³-hybridized carbons (Fsp3) is 0.800. The maximum Gasteiger partial charge on any atom is 0.00141 e. The van der Waals surface area contributed by atoms with E-state index in [9.17, 15) is 0 Å². The van der Waals surface area contributed by atoms with E-state index in [1.165, 1.54) is 0 Å². The molecule has 1 atom stereocenters. The molecule has 0 aliphatic carbocycles. The van der Waals surface area contributed by atoms with Gasteiger partial charge in [-0.05, 0) is 12.8 Å². The zero-order valence-electron chi connectivity index (χ0n) is 4.15. The van der Waals surface area contributed by atoms with Crippen LogP contribution in [0, 0.1) is 6.92 Å². The van der Waals surface area contributed by atoms with Crippen molar-refractivity contribution in [3.63, 3.8) is 0 Å². The third-order valence-corrected chi connectivity index (χ3v) is 1.43. The van der Waals surface area contributed by atoms with Crippen LogP contribution in [0.15, 0.2) is 0 Å². The summed E-state index contributed by atoms with van der Waals surface area (Å²) in [5.41, 5.74) is 0. The number of hydrogen-bond donors (Lipinski definition) is 1. The van der Waals surface area contributed by atoms with Crippen LogP contribution < -0.4 is 0 Å². The Kier molecular flexibility index (Phi) is 3.74. The van der Waals surface area contributed by atoms with Gasteiger partial charge >= 0.3 is 0 Å². The van der Waals surface area contributed by atoms with Crippen molar-refractivity contribution in [2.24, 2.45) is 0 Å². The minimum absolute atomic E-state index is 0.519. The first-order valence-electron chi connectivity index (χ1n) is 2.28. The summed E-state index contributed by atoms with van der Waals surface area (Å²) in [4.78, 5) is 0. The predicted molar refractivity (Wildman–Crippen MR) is 33.0 cm³/mol. The lowest BCUT2D eigenvalue weighted by molar-refractivity contribution is 0.840. The molecule has 0 saturated carbocycles. The van der Waals surface area contributed by atoms with Crippen molar-refractivity contribution in [3.8, 4) is 0 Å². The van der Waals surface area contributed by atoms with Gasteiger partial charge in [0.1, 0.15) is 0 Å². The second-order valence-electron chi connectivity index (χ2n) is 1.35. The van der Waals surface area contributed by atoms with Gasteiger partial charge in [-0.25, -0.2) is 0 Å². The summed E-state index contributed by atoms with van der Waals surface area (Å²) in [6, 6.07) is 0. The molecular formula is C5H11S. The van der Waals surface area contributed by atoms with Crippen LogP contribution >= 0.6 is 12.6 Å². The fourth-order valence-electron chi connectivity index (χ4n) is 0.204. The van der Waals surface area contributed by atoms with E-state index < -0.39 is 0 Å². The Hall–Kier alpha value is 0.350. The molecule has 0 aliphatic heterocycles. The van der Waals surface area contributed by atoms with Gasteiger partial charge in [0.25, 0.3) is 0 Å². The van der Waals surface area contributed by atoms with E-state index in [1.807, 2.05) is 0 Å². The third kappa shape index (κ3) is 2.58. The first-order chi connectivity index (χ1) is 2.81. The van der Waals surface area contributed by atoms with Gasteiger partial charge in [0.15, 0.2) is 0 Å². The molecule has 1 heteroatoms. The summed E-state index contributed by atoms with van der Waals surface area (Å²) in [5, 5.41) is 0.519. The molecule has 1 radical (unpaired) electrons. The zero-order chi connectivity index (χ0) is 4.99. The largest absolute Gasteiger partial charge is 0.176 e. The monoisotopic (exact) mass is 103 g/mol. The van der Waals surface area contributed by atoms with Crippen LogP contribution in [0.25, 0.3) is 0 Å². The van der Waals surface area contributed by atoms with Gasteiger partial charge in [-0.1, -0.05) is 13.8 Å². The van der Waals surface area contributed by atoms with Gasteiger partial charge < -0.3 is 0 Å². The standard InChI is InChI=1S/C5H11S/c1-3-5(6)4-2/h5-6H,1,3-4H2,2H3. The highest BCUT2D eigenvalue weighted by molar-refractivity contribution is 7.80. The van der Waals surface area contributed by atoms with Crippen LogP contribution in [0.1, 0.15) is 19.8 Å². The molecule has 0 amide bonds. The molecule has 0 saturated heterocycles. The first-order valence-corrected chi connectivity index (χ1v) is 2.80. The molecule has 0 aromatic rings. The van der Waals surface area contributed by atoms with E-state index in [0.29, 0.717) is 5.25 Å². The molecule has 1 unspecified atom stereocenters. The van der Waals surface area contributed by atoms with Crippen LogP contribution in [0.3, 0.4) is 0 Å². The minimum Gasteiger partial charge on any atom is -0.176 e. The number of rotatable bonds is 2. The molecule has 0 bridgehead atoms. The van der Waals surface area contributed by atoms with E-state index in [1.54, 1.807) is 0 Å². The van der Waals surface area contributed by atoms with Gasteiger partial charge in [-0.2, -0.15) is 12.6 Å². The molecule has 0 nitrogen and oxygen atoms in total. The second kappa shape index (κ2) is 3.54. The molecule has 0 spiro atoms. The number of thiol groups is 1. The second-order valence-corrected chi connectivity index (χ2v) is 2.08. The first kappa shape index (κ1) is 6.35. The summed E-state index contributed by atoms with van der Waals surface area (Å²) in [5.74, 6) is 0. The predicted octanol–water partition coefficient (Wildman–Crippen LogP) is 1.92. The van der Waals surface area contributed by atoms with E-state index >= 15 is 0 Å². The third-order valence-electron chi connectivity index (χ3n) is 0.804. The van der Waals surface area contributed by atoms with Gasteiger partial charge in [0, 0.05) is 5.25 Å². The topological polar surface area (TPSA) is 0 Å². The summed E-state index contributed by atoms with van der Waals surface area (Å²) in [6.45, 7) is 5.79. The summed E-state index contributed by atoms with van der Waals surface area (Å²) in [6.07, 6.45) is 2.08. The van der Waals surface area contributed by atoms with Crippen molar-refractivity contribution >= 4 is 12.6 Å². The molecule has 6 heavy (non-hydrogen) atoms. The highest BCUT2D eigenvalue weighted by atomic mass is 32.1. The van der Waals surface area contributed by atoms with Crippen molar-refractivity contribution in [1.82, 2.24) is 0 Å². The number of hydrogen-bond acceptors (Lipinski definition) is 1. The Morgan fingerprint density at radius 2 is 2.33 bits per heavy atom. The van der Waals surface area contributed by atoms with E-state index in [0.717, 1.165) is 12.8 Å². The van der Waals surface area contributed by atoms with E-state index in [4.69, 9.17) is 0 Å². The van der Waals surface area contributed by atoms with E-state index in [-0.39, 0.29) is 0 Å². The average molecular weight is 103 g/mol. The maximum absolute atomic E-state index is 4.17. The Bertz CT molecular complexity index is 23.1. The molecular weight excluding hydrogens is 92.1 g/mol. The average Bonchev–Trinajstić information content (AvgIpc) is 1.65. The highest BCUT2D eigenvalue weighted by Gasteiger charge is 1.89. The van der Waals surface area contributed by atoms with Crippen LogP contribution in [-0.2, 0) is 0 Å². The molecule has 37 valence electrons. The molecule has 0 rings (SSSR count). The summed E-state index contributed by atoms with van der Waals surface area (Å²) in [7, 11) is 0. The SMILES string of the molecule is [CH2]CC(S)CC. The van der Waals surface area contributed by atoms with Gasteiger partial charge in [0.2, 0.25) is 0 Å². The van der Waals surface area contributed by atoms with E-state index in [2.05, 4.69) is 26.5 Å². The van der Waals surface area contributed by atoms with Gasteiger partial charge in [-0.3, -0.25) is 0 Å². The van der Waals surface area contributed by atoms with Crippen molar-refractivity contribution < 1.29 is 0 Å². The Morgan fingerprint density at radius 3 is 2.33 bits per heavy atom. The Morgan fingerprint density at radius 1 is 1.83 bits per heavy atom. The summed E-state index contributed by atoms with van der Waals surface area (Å²) >= 11 is 4.17. The minimum atomic E-state index is 0.519. The van der Waals surface area contributed by atoms with Gasteiger partial charge in [0.05, 0.1) is 0 Å². The fourth-order valence-corrected chi connectivity index (χ4v) is 0.204. The van der Waals surface area contributed by atoms with Crippen LogP contribution in [0.5, 0.6) is 0 Å². The van der Waals surface area contributed by atoms with Crippen molar-refractivity contribution in [3.05, 3.63) is 6.92 Å². The van der Waals surface area contributed by atoms with Crippen molar-refractivity contribution in [1.29, 1.82) is 0 Å². The summed E-state index contributed by atoms with van der Waals surface area (Å²) < 4.78 is 0. The van der Waals surface area contributed by atoms with Crippen LogP contribution in [0.2, 0.25) is 0 Å². The Labute approximate surface area is 45.4 Å². The lowest BCUT2D eigenvalue weighted by Gasteiger charge is -1.97. The smallest absolute Gasteiger partial charge is 0.00141 e. The Balaban J connectivity index is 2.75. The highest BCUT2D eigenvalue weighted by Crippen LogP contribution is 2.02. The van der Waals surface area contributed by atoms with Crippen molar-refractivity contribution in [2.75, 3.05) is 0 Å². The normalized spacial score (nSPS) is 10.0. The molecule has 0 heterocycles. The molecule has 0 aromatic heterocycles. The van der Waals surface area contributed by atoms with Crippen LogP contribution in [0.4, 0.5) is 0 Å². The lowest BCUT2D eigenvalue weighted by atomic mass is 10.3. The molecule has 0 aliphatic rings. The zero-order valence-corrected chi connectivity index (χ0v) is 5.04.